The minimum atomic E-state index is -0.357. The first-order valence-electron chi connectivity index (χ1n) is 8.59. The van der Waals surface area contributed by atoms with E-state index in [9.17, 15) is 14.0 Å². The Hall–Kier alpha value is -2.99. The van der Waals surface area contributed by atoms with Gasteiger partial charge in [0.05, 0.1) is 12.5 Å². The lowest BCUT2D eigenvalue weighted by Crippen LogP contribution is -2.31. The van der Waals surface area contributed by atoms with Gasteiger partial charge in [0.2, 0.25) is 5.91 Å². The molecule has 3 aromatic rings. The summed E-state index contributed by atoms with van der Waals surface area (Å²) in [4.78, 5) is 28.2. The summed E-state index contributed by atoms with van der Waals surface area (Å²) in [5, 5.41) is 4.72. The molecule has 1 atom stereocenters. The van der Waals surface area contributed by atoms with Crippen molar-refractivity contribution in [1.82, 2.24) is 4.90 Å². The number of benzene rings is 2. The van der Waals surface area contributed by atoms with Crippen molar-refractivity contribution in [2.75, 3.05) is 5.32 Å². The second-order valence-corrected chi connectivity index (χ2v) is 7.36. The van der Waals surface area contributed by atoms with Crippen molar-refractivity contribution in [2.24, 2.45) is 0 Å². The summed E-state index contributed by atoms with van der Waals surface area (Å²) in [6, 6.07) is 16.7. The van der Waals surface area contributed by atoms with Crippen LogP contribution in [0.15, 0.2) is 66.0 Å². The summed E-state index contributed by atoms with van der Waals surface area (Å²) in [5.41, 5.74) is 2.20. The van der Waals surface area contributed by atoms with Crippen LogP contribution in [0, 0.1) is 5.82 Å². The van der Waals surface area contributed by atoms with E-state index in [1.54, 1.807) is 4.90 Å². The molecule has 2 amide bonds. The molecule has 6 heteroatoms. The van der Waals surface area contributed by atoms with Crippen LogP contribution in [0.4, 0.5) is 10.1 Å². The highest BCUT2D eigenvalue weighted by atomic mass is 32.1. The number of carbonyl (C=O) groups excluding carboxylic acids is 2. The van der Waals surface area contributed by atoms with Gasteiger partial charge in [0.25, 0.3) is 5.91 Å². The molecule has 0 unspecified atom stereocenters. The molecule has 4 nitrogen and oxygen atoms in total. The van der Waals surface area contributed by atoms with E-state index >= 15 is 0 Å². The topological polar surface area (TPSA) is 49.4 Å². The summed E-state index contributed by atoms with van der Waals surface area (Å²) in [6.45, 7) is 0.488. The zero-order chi connectivity index (χ0) is 18.8. The van der Waals surface area contributed by atoms with Gasteiger partial charge in [-0.05, 0) is 47.3 Å². The Kier molecular flexibility index (Phi) is 4.73. The number of rotatable bonds is 5. The third-order valence-electron chi connectivity index (χ3n) is 4.60. The van der Waals surface area contributed by atoms with Crippen LogP contribution >= 0.6 is 11.3 Å². The Balaban J connectivity index is 1.55. The van der Waals surface area contributed by atoms with Crippen LogP contribution in [0.1, 0.15) is 33.3 Å². The summed E-state index contributed by atoms with van der Waals surface area (Å²) < 4.78 is 13.0. The lowest BCUT2D eigenvalue weighted by Gasteiger charge is -2.26. The standard InChI is InChI=1S/C21H17FN2O2S/c22-15-7-9-16(10-8-15)23-20(25)12-18(19-6-3-11-27-19)24-13-14-4-1-2-5-17(14)21(24)26/h1-11,18H,12-13H2,(H,23,25)/t18-/m0/s1. The fourth-order valence-corrected chi connectivity index (χ4v) is 4.13. The molecule has 1 N–H and O–H groups in total. The normalized spacial score (nSPS) is 14.1. The predicted molar refractivity (Wildman–Crippen MR) is 103 cm³/mol. The lowest BCUT2D eigenvalue weighted by molar-refractivity contribution is -0.117. The van der Waals surface area contributed by atoms with Crippen LogP contribution in [0.25, 0.3) is 0 Å². The van der Waals surface area contributed by atoms with Crippen LogP contribution in [0.3, 0.4) is 0 Å². The molecule has 2 heterocycles. The summed E-state index contributed by atoms with van der Waals surface area (Å²) in [5.74, 6) is -0.632. The van der Waals surface area contributed by atoms with E-state index in [0.29, 0.717) is 17.8 Å². The largest absolute Gasteiger partial charge is 0.326 e. The van der Waals surface area contributed by atoms with Gasteiger partial charge in [-0.3, -0.25) is 9.59 Å². The van der Waals surface area contributed by atoms with Crippen molar-refractivity contribution in [3.63, 3.8) is 0 Å². The summed E-state index contributed by atoms with van der Waals surface area (Å²) >= 11 is 1.53. The van der Waals surface area contributed by atoms with Gasteiger partial charge in [0.15, 0.2) is 0 Å². The van der Waals surface area contributed by atoms with E-state index in [2.05, 4.69) is 5.32 Å². The van der Waals surface area contributed by atoms with E-state index in [4.69, 9.17) is 0 Å². The molecule has 1 aliphatic heterocycles. The number of halogens is 1. The number of fused-ring (bicyclic) bond motifs is 1. The molecule has 27 heavy (non-hydrogen) atoms. The monoisotopic (exact) mass is 380 g/mol. The summed E-state index contributed by atoms with van der Waals surface area (Å²) in [7, 11) is 0. The Bertz CT molecular complexity index is 970. The lowest BCUT2D eigenvalue weighted by atomic mass is 10.1. The number of thiophene rings is 1. The molecule has 0 saturated carbocycles. The molecule has 0 fully saturated rings. The maximum atomic E-state index is 13.0. The maximum Gasteiger partial charge on any atom is 0.255 e. The van der Waals surface area contributed by atoms with Crippen molar-refractivity contribution in [3.05, 3.63) is 87.9 Å². The highest BCUT2D eigenvalue weighted by molar-refractivity contribution is 7.10. The average molecular weight is 380 g/mol. The van der Waals surface area contributed by atoms with Gasteiger partial charge >= 0.3 is 0 Å². The average Bonchev–Trinajstić information content (AvgIpc) is 3.31. The SMILES string of the molecule is O=C(C[C@@H](c1cccs1)N1Cc2ccccc2C1=O)Nc1ccc(F)cc1. The van der Waals surface area contributed by atoms with Crippen LogP contribution in [0.5, 0.6) is 0 Å². The molecule has 0 aliphatic carbocycles. The summed E-state index contributed by atoms with van der Waals surface area (Å²) in [6.07, 6.45) is 0.137. The number of hydrogen-bond acceptors (Lipinski definition) is 3. The quantitative estimate of drug-likeness (QED) is 0.703. The number of amides is 2. The van der Waals surface area contributed by atoms with Crippen LogP contribution in [0.2, 0.25) is 0 Å². The van der Waals surface area contributed by atoms with E-state index in [-0.39, 0.29) is 30.1 Å². The van der Waals surface area contributed by atoms with E-state index in [1.165, 1.54) is 35.6 Å². The van der Waals surface area contributed by atoms with Crippen molar-refractivity contribution >= 4 is 28.8 Å². The van der Waals surface area contributed by atoms with E-state index in [0.717, 1.165) is 10.4 Å². The van der Waals surface area contributed by atoms with E-state index in [1.807, 2.05) is 41.8 Å². The minimum Gasteiger partial charge on any atom is -0.326 e. The first-order valence-corrected chi connectivity index (χ1v) is 9.47. The number of nitrogens with one attached hydrogen (secondary N) is 1. The van der Waals surface area contributed by atoms with Gasteiger partial charge in [-0.1, -0.05) is 24.3 Å². The second-order valence-electron chi connectivity index (χ2n) is 6.38. The van der Waals surface area contributed by atoms with Gasteiger partial charge < -0.3 is 10.2 Å². The maximum absolute atomic E-state index is 13.0. The molecular formula is C21H17FN2O2S. The van der Waals surface area contributed by atoms with Crippen LogP contribution < -0.4 is 5.32 Å². The third kappa shape index (κ3) is 3.61. The zero-order valence-corrected chi connectivity index (χ0v) is 15.2. The minimum absolute atomic E-state index is 0.0569. The molecule has 0 spiro atoms. The number of carbonyl (C=O) groups is 2. The highest BCUT2D eigenvalue weighted by Gasteiger charge is 2.34. The van der Waals surface area contributed by atoms with Crippen molar-refractivity contribution < 1.29 is 14.0 Å². The number of nitrogens with zero attached hydrogens (tertiary/aromatic N) is 1. The van der Waals surface area contributed by atoms with Crippen LogP contribution in [-0.2, 0) is 11.3 Å². The van der Waals surface area contributed by atoms with Gasteiger partial charge in [0.1, 0.15) is 5.82 Å². The highest BCUT2D eigenvalue weighted by Crippen LogP contribution is 2.35. The Labute approximate surface area is 160 Å². The molecule has 0 saturated heterocycles. The van der Waals surface area contributed by atoms with E-state index < -0.39 is 0 Å². The van der Waals surface area contributed by atoms with Gasteiger partial charge in [-0.25, -0.2) is 4.39 Å². The molecule has 0 radical (unpaired) electrons. The molecule has 136 valence electrons. The van der Waals surface area contributed by atoms with Gasteiger partial charge in [0, 0.05) is 22.7 Å². The first kappa shape index (κ1) is 17.4. The third-order valence-corrected chi connectivity index (χ3v) is 5.58. The Morgan fingerprint density at radius 1 is 1.11 bits per heavy atom. The van der Waals surface area contributed by atoms with Crippen molar-refractivity contribution in [3.8, 4) is 0 Å². The Morgan fingerprint density at radius 3 is 2.59 bits per heavy atom. The molecule has 1 aliphatic rings. The number of anilines is 1. The first-order chi connectivity index (χ1) is 13.1. The van der Waals surface area contributed by atoms with Crippen molar-refractivity contribution in [2.45, 2.75) is 19.0 Å². The van der Waals surface area contributed by atoms with Crippen molar-refractivity contribution in [1.29, 1.82) is 0 Å². The van der Waals surface area contributed by atoms with Gasteiger partial charge in [-0.15, -0.1) is 11.3 Å². The van der Waals surface area contributed by atoms with Crippen LogP contribution in [-0.4, -0.2) is 16.7 Å². The fourth-order valence-electron chi connectivity index (χ4n) is 3.29. The molecule has 0 bridgehead atoms. The molecular weight excluding hydrogens is 363 g/mol. The predicted octanol–water partition coefficient (Wildman–Crippen LogP) is 4.61. The van der Waals surface area contributed by atoms with Gasteiger partial charge in [-0.2, -0.15) is 0 Å². The molecule has 2 aromatic carbocycles. The molecule has 1 aromatic heterocycles. The number of hydrogen-bond donors (Lipinski definition) is 1. The smallest absolute Gasteiger partial charge is 0.255 e. The fraction of sp³-hybridized carbons (Fsp3) is 0.143. The zero-order valence-electron chi connectivity index (χ0n) is 14.4. The Morgan fingerprint density at radius 2 is 1.89 bits per heavy atom. The second kappa shape index (κ2) is 7.32. The molecule has 4 rings (SSSR count).